The van der Waals surface area contributed by atoms with Crippen LogP contribution in [-0.4, -0.2) is 29.5 Å². The van der Waals surface area contributed by atoms with Gasteiger partial charge in [0.15, 0.2) is 0 Å². The van der Waals surface area contributed by atoms with Crippen molar-refractivity contribution in [3.05, 3.63) is 11.3 Å². The van der Waals surface area contributed by atoms with Gasteiger partial charge in [-0.2, -0.15) is 5.10 Å². The molecule has 86 valence electrons. The van der Waals surface area contributed by atoms with Crippen molar-refractivity contribution >= 4 is 0 Å². The second-order valence-electron chi connectivity index (χ2n) is 4.51. The van der Waals surface area contributed by atoms with E-state index in [0.29, 0.717) is 0 Å². The van der Waals surface area contributed by atoms with Gasteiger partial charge >= 0.3 is 0 Å². The summed E-state index contributed by atoms with van der Waals surface area (Å²) < 4.78 is 7.15. The lowest BCUT2D eigenvalue weighted by molar-refractivity contribution is 0.358. The third-order valence-electron chi connectivity index (χ3n) is 2.78. The number of nitrogens with zero attached hydrogens (tertiary/aromatic N) is 2. The first kappa shape index (κ1) is 12.0. The molecule has 0 unspecified atom stereocenters. The van der Waals surface area contributed by atoms with Crippen LogP contribution in [0.2, 0.25) is 0 Å². The van der Waals surface area contributed by atoms with Gasteiger partial charge in [-0.3, -0.25) is 0 Å². The molecule has 4 heteroatoms. The number of likely N-dealkylation sites (N-methyl/N-ethyl adjacent to an activating group) is 1. The molecule has 4 nitrogen and oxygen atoms in total. The molecule has 0 aliphatic heterocycles. The highest BCUT2D eigenvalue weighted by Crippen LogP contribution is 2.25. The molecule has 0 saturated heterocycles. The molecule has 0 aliphatic rings. The molecule has 0 atom stereocenters. The number of hydrogen-bond donors (Lipinski definition) is 1. The number of aryl methyl sites for hydroxylation is 2. The molecular weight excluding hydrogens is 190 g/mol. The Morgan fingerprint density at radius 1 is 1.47 bits per heavy atom. The quantitative estimate of drug-likeness (QED) is 0.815. The van der Waals surface area contributed by atoms with Gasteiger partial charge < -0.3 is 10.1 Å². The number of ether oxygens (including phenoxy) is 1. The van der Waals surface area contributed by atoms with E-state index in [9.17, 15) is 0 Å². The van der Waals surface area contributed by atoms with E-state index in [0.717, 1.165) is 18.0 Å². The van der Waals surface area contributed by atoms with E-state index >= 15 is 0 Å². The predicted octanol–water partition coefficient (Wildman–Crippen LogP) is 1.28. The molecule has 0 aliphatic carbocycles. The summed E-state index contributed by atoms with van der Waals surface area (Å²) in [5.74, 6) is 0.857. The SMILES string of the molecule is CNC(C)(C)Cc1c(C)nn(C)c1OC. The van der Waals surface area contributed by atoms with Crippen molar-refractivity contribution in [2.45, 2.75) is 32.7 Å². The molecule has 1 aromatic heterocycles. The molecule has 0 amide bonds. The van der Waals surface area contributed by atoms with Crippen molar-refractivity contribution in [3.8, 4) is 5.88 Å². The maximum absolute atomic E-state index is 5.36. The molecule has 0 bridgehead atoms. The highest BCUT2D eigenvalue weighted by Gasteiger charge is 2.22. The summed E-state index contributed by atoms with van der Waals surface area (Å²) in [6, 6.07) is 0. The maximum atomic E-state index is 5.36. The van der Waals surface area contributed by atoms with Gasteiger partial charge in [-0.25, -0.2) is 4.68 Å². The van der Waals surface area contributed by atoms with Crippen molar-refractivity contribution in [2.24, 2.45) is 7.05 Å². The van der Waals surface area contributed by atoms with E-state index in [4.69, 9.17) is 4.74 Å². The average molecular weight is 211 g/mol. The van der Waals surface area contributed by atoms with Gasteiger partial charge in [0.1, 0.15) is 0 Å². The van der Waals surface area contributed by atoms with E-state index in [2.05, 4.69) is 24.3 Å². The summed E-state index contributed by atoms with van der Waals surface area (Å²) in [4.78, 5) is 0. The van der Waals surface area contributed by atoms with Gasteiger partial charge in [-0.05, 0) is 34.2 Å². The second-order valence-corrected chi connectivity index (χ2v) is 4.51. The fraction of sp³-hybridized carbons (Fsp3) is 0.727. The summed E-state index contributed by atoms with van der Waals surface area (Å²) >= 11 is 0. The minimum atomic E-state index is 0.0566. The van der Waals surface area contributed by atoms with Crippen LogP contribution < -0.4 is 10.1 Å². The Balaban J connectivity index is 3.03. The largest absolute Gasteiger partial charge is 0.481 e. The molecule has 0 radical (unpaired) electrons. The maximum Gasteiger partial charge on any atom is 0.214 e. The van der Waals surface area contributed by atoms with E-state index < -0.39 is 0 Å². The van der Waals surface area contributed by atoms with E-state index in [1.54, 1.807) is 11.8 Å². The smallest absolute Gasteiger partial charge is 0.214 e. The topological polar surface area (TPSA) is 39.1 Å². The van der Waals surface area contributed by atoms with Crippen LogP contribution in [0.5, 0.6) is 5.88 Å². The van der Waals surface area contributed by atoms with Gasteiger partial charge in [-0.15, -0.1) is 0 Å². The summed E-state index contributed by atoms with van der Waals surface area (Å²) in [6.07, 6.45) is 0.909. The Labute approximate surface area is 91.6 Å². The normalized spacial score (nSPS) is 11.9. The first-order valence-electron chi connectivity index (χ1n) is 5.16. The van der Waals surface area contributed by atoms with Crippen LogP contribution in [-0.2, 0) is 13.5 Å². The minimum Gasteiger partial charge on any atom is -0.481 e. The number of aromatic nitrogens is 2. The van der Waals surface area contributed by atoms with Gasteiger partial charge in [-0.1, -0.05) is 0 Å². The van der Waals surface area contributed by atoms with Crippen molar-refractivity contribution < 1.29 is 4.74 Å². The Morgan fingerprint density at radius 3 is 2.53 bits per heavy atom. The van der Waals surface area contributed by atoms with Crippen LogP contribution in [0.25, 0.3) is 0 Å². The Bertz CT molecular complexity index is 342. The molecule has 1 aromatic rings. The number of nitrogens with one attached hydrogen (secondary N) is 1. The average Bonchev–Trinajstić information content (AvgIpc) is 2.41. The number of hydrogen-bond acceptors (Lipinski definition) is 3. The molecule has 0 aromatic carbocycles. The summed E-state index contributed by atoms with van der Waals surface area (Å²) in [6.45, 7) is 6.35. The highest BCUT2D eigenvalue weighted by atomic mass is 16.5. The van der Waals surface area contributed by atoms with Crippen LogP contribution in [0.4, 0.5) is 0 Å². The molecule has 15 heavy (non-hydrogen) atoms. The predicted molar refractivity (Wildman–Crippen MR) is 61.3 cm³/mol. The lowest BCUT2D eigenvalue weighted by Crippen LogP contribution is -2.38. The van der Waals surface area contributed by atoms with E-state index in [1.165, 1.54) is 5.56 Å². The zero-order chi connectivity index (χ0) is 11.6. The summed E-state index contributed by atoms with van der Waals surface area (Å²) in [7, 11) is 5.56. The fourth-order valence-electron chi connectivity index (χ4n) is 1.67. The van der Waals surface area contributed by atoms with Gasteiger partial charge in [0.25, 0.3) is 0 Å². The minimum absolute atomic E-state index is 0.0566. The van der Waals surface area contributed by atoms with Gasteiger partial charge in [0.05, 0.1) is 12.8 Å². The molecule has 0 fully saturated rings. The molecule has 1 rings (SSSR count). The Kier molecular flexibility index (Phi) is 3.39. The van der Waals surface area contributed by atoms with Crippen LogP contribution >= 0.6 is 0 Å². The number of rotatable bonds is 4. The standard InChI is InChI=1S/C11H21N3O/c1-8-9(7-11(2,3)12-4)10(15-6)14(5)13-8/h12H,7H2,1-6H3. The second kappa shape index (κ2) is 4.23. The van der Waals surface area contributed by atoms with E-state index in [-0.39, 0.29) is 5.54 Å². The summed E-state index contributed by atoms with van der Waals surface area (Å²) in [5, 5.41) is 7.65. The third-order valence-corrected chi connectivity index (χ3v) is 2.78. The van der Waals surface area contributed by atoms with Crippen molar-refractivity contribution in [2.75, 3.05) is 14.2 Å². The third kappa shape index (κ3) is 2.50. The van der Waals surface area contributed by atoms with E-state index in [1.807, 2.05) is 21.0 Å². The molecule has 0 saturated carbocycles. The molecular formula is C11H21N3O. The monoisotopic (exact) mass is 211 g/mol. The highest BCUT2D eigenvalue weighted by molar-refractivity contribution is 5.32. The summed E-state index contributed by atoms with van der Waals surface area (Å²) in [5.41, 5.74) is 2.28. The zero-order valence-electron chi connectivity index (χ0n) is 10.5. The Morgan fingerprint density at radius 2 is 2.07 bits per heavy atom. The van der Waals surface area contributed by atoms with Gasteiger partial charge in [0, 0.05) is 18.2 Å². The Hall–Kier alpha value is -1.03. The van der Waals surface area contributed by atoms with Crippen molar-refractivity contribution in [1.29, 1.82) is 0 Å². The van der Waals surface area contributed by atoms with Crippen LogP contribution in [0.3, 0.4) is 0 Å². The fourth-order valence-corrected chi connectivity index (χ4v) is 1.67. The van der Waals surface area contributed by atoms with Crippen LogP contribution in [0.1, 0.15) is 25.1 Å². The van der Waals surface area contributed by atoms with Gasteiger partial charge in [0.2, 0.25) is 5.88 Å². The molecule has 0 spiro atoms. The van der Waals surface area contributed by atoms with Crippen molar-refractivity contribution in [3.63, 3.8) is 0 Å². The van der Waals surface area contributed by atoms with Crippen LogP contribution in [0.15, 0.2) is 0 Å². The lowest BCUT2D eigenvalue weighted by Gasteiger charge is -2.24. The zero-order valence-corrected chi connectivity index (χ0v) is 10.5. The molecule has 1 heterocycles. The first-order valence-corrected chi connectivity index (χ1v) is 5.16. The lowest BCUT2D eigenvalue weighted by atomic mass is 9.95. The first-order chi connectivity index (χ1) is 6.91. The molecule has 1 N–H and O–H groups in total. The van der Waals surface area contributed by atoms with Crippen LogP contribution in [0, 0.1) is 6.92 Å². The van der Waals surface area contributed by atoms with Crippen molar-refractivity contribution in [1.82, 2.24) is 15.1 Å². The number of methoxy groups -OCH3 is 1.